The number of esters is 1. The van der Waals surface area contributed by atoms with Gasteiger partial charge < -0.3 is 14.2 Å². The second kappa shape index (κ2) is 10.4. The van der Waals surface area contributed by atoms with Crippen molar-refractivity contribution >= 4 is 45.7 Å². The van der Waals surface area contributed by atoms with E-state index in [0.29, 0.717) is 44.2 Å². The van der Waals surface area contributed by atoms with Crippen LogP contribution in [0.25, 0.3) is 22.1 Å². The number of piperidine rings is 1. The Bertz CT molecular complexity index is 1350. The van der Waals surface area contributed by atoms with Gasteiger partial charge in [0.2, 0.25) is 11.1 Å². The van der Waals surface area contributed by atoms with E-state index in [9.17, 15) is 9.59 Å². The number of amides is 1. The molecule has 1 aliphatic rings. The summed E-state index contributed by atoms with van der Waals surface area (Å²) in [5.74, 6) is -0.0255. The smallest absolute Gasteiger partial charge is 0.309 e. The number of carbonyl (C=O) groups is 2. The number of para-hydroxylation sites is 1. The van der Waals surface area contributed by atoms with Crippen LogP contribution in [0.4, 0.5) is 0 Å². The summed E-state index contributed by atoms with van der Waals surface area (Å²) >= 11 is 1.30. The molecule has 0 saturated carbocycles. The number of thioether (sulfide) groups is 1. The lowest BCUT2D eigenvalue weighted by molar-refractivity contribution is -0.151. The molecule has 1 fully saturated rings. The topological polar surface area (TPSA) is 90.2 Å². The monoisotopic (exact) mass is 489 g/mol. The Morgan fingerprint density at radius 3 is 2.54 bits per heavy atom. The molecular formula is C26H27N5O3S. The molecule has 1 amide bonds. The zero-order chi connectivity index (χ0) is 24.2. The molecule has 3 heterocycles. The first kappa shape index (κ1) is 23.3. The van der Waals surface area contributed by atoms with E-state index < -0.39 is 0 Å². The van der Waals surface area contributed by atoms with E-state index in [-0.39, 0.29) is 23.5 Å². The Kier molecular flexibility index (Phi) is 6.94. The van der Waals surface area contributed by atoms with Crippen molar-refractivity contribution in [3.05, 3.63) is 60.2 Å². The van der Waals surface area contributed by atoms with Crippen LogP contribution in [0, 0.1) is 5.92 Å². The summed E-state index contributed by atoms with van der Waals surface area (Å²) in [6.45, 7) is 3.99. The number of nitrogens with zero attached hydrogens (tertiary/aromatic N) is 5. The maximum absolute atomic E-state index is 12.8. The molecule has 2 aromatic heterocycles. The second-order valence-electron chi connectivity index (χ2n) is 8.55. The van der Waals surface area contributed by atoms with Crippen LogP contribution >= 0.6 is 11.8 Å². The highest BCUT2D eigenvalue weighted by Crippen LogP contribution is 2.28. The molecular weight excluding hydrogens is 462 g/mol. The summed E-state index contributed by atoms with van der Waals surface area (Å²) in [7, 11) is 0. The zero-order valence-electron chi connectivity index (χ0n) is 19.6. The van der Waals surface area contributed by atoms with Crippen molar-refractivity contribution in [2.45, 2.75) is 31.5 Å². The van der Waals surface area contributed by atoms with Crippen molar-refractivity contribution < 1.29 is 14.3 Å². The van der Waals surface area contributed by atoms with Crippen LogP contribution in [0.5, 0.6) is 0 Å². The van der Waals surface area contributed by atoms with E-state index in [1.165, 1.54) is 17.3 Å². The van der Waals surface area contributed by atoms with Gasteiger partial charge in [0.05, 0.1) is 23.8 Å². The van der Waals surface area contributed by atoms with Crippen molar-refractivity contribution in [2.75, 3.05) is 25.4 Å². The van der Waals surface area contributed by atoms with Gasteiger partial charge in [0.15, 0.2) is 5.65 Å². The van der Waals surface area contributed by atoms with Crippen molar-refractivity contribution in [1.29, 1.82) is 0 Å². The van der Waals surface area contributed by atoms with Crippen LogP contribution in [-0.4, -0.2) is 62.0 Å². The Morgan fingerprint density at radius 2 is 1.77 bits per heavy atom. The fraction of sp³-hybridized carbons (Fsp3) is 0.346. The maximum atomic E-state index is 12.8. The van der Waals surface area contributed by atoms with Gasteiger partial charge >= 0.3 is 5.97 Å². The van der Waals surface area contributed by atoms with Gasteiger partial charge in [-0.25, -0.2) is 4.98 Å². The molecule has 1 saturated heterocycles. The van der Waals surface area contributed by atoms with E-state index in [4.69, 9.17) is 9.72 Å². The van der Waals surface area contributed by atoms with Gasteiger partial charge in [-0.05, 0) is 31.4 Å². The van der Waals surface area contributed by atoms with Crippen LogP contribution in [0.3, 0.4) is 0 Å². The molecule has 9 heteroatoms. The maximum Gasteiger partial charge on any atom is 0.309 e. The Balaban J connectivity index is 1.31. The Labute approximate surface area is 207 Å². The summed E-state index contributed by atoms with van der Waals surface area (Å²) in [6.07, 6.45) is 1.28. The fourth-order valence-electron chi connectivity index (χ4n) is 4.52. The van der Waals surface area contributed by atoms with Gasteiger partial charge in [0, 0.05) is 25.0 Å². The van der Waals surface area contributed by atoms with Crippen LogP contribution in [0.15, 0.2) is 59.8 Å². The number of likely N-dealkylation sites (tertiary alicyclic amines) is 1. The first-order chi connectivity index (χ1) is 17.1. The number of carbonyl (C=O) groups excluding carboxylic acids is 2. The fourth-order valence-corrected chi connectivity index (χ4v) is 5.20. The van der Waals surface area contributed by atoms with Crippen molar-refractivity contribution in [1.82, 2.24) is 24.6 Å². The highest BCUT2D eigenvalue weighted by molar-refractivity contribution is 7.99. The average Bonchev–Trinajstić information content (AvgIpc) is 3.21. The highest BCUT2D eigenvalue weighted by atomic mass is 32.2. The third-order valence-electron chi connectivity index (χ3n) is 6.33. The number of hydrogen-bond acceptors (Lipinski definition) is 7. The SMILES string of the molecule is CCOC(=O)C1CCN(C(=O)CSc2nnc3c4ccccc4n(Cc4ccccc4)c3n2)CC1. The van der Waals surface area contributed by atoms with E-state index >= 15 is 0 Å². The van der Waals surface area contributed by atoms with Crippen LogP contribution in [-0.2, 0) is 20.9 Å². The normalized spacial score (nSPS) is 14.5. The average molecular weight is 490 g/mol. The molecule has 4 aromatic rings. The first-order valence-electron chi connectivity index (χ1n) is 11.9. The molecule has 0 radical (unpaired) electrons. The third-order valence-corrected chi connectivity index (χ3v) is 7.15. The molecule has 1 aliphatic heterocycles. The minimum Gasteiger partial charge on any atom is -0.466 e. The van der Waals surface area contributed by atoms with Crippen LogP contribution in [0.1, 0.15) is 25.3 Å². The number of ether oxygens (including phenoxy) is 1. The molecule has 0 aliphatic carbocycles. The van der Waals surface area contributed by atoms with Crippen LogP contribution in [0.2, 0.25) is 0 Å². The van der Waals surface area contributed by atoms with Crippen molar-refractivity contribution in [3.8, 4) is 0 Å². The quantitative estimate of drug-likeness (QED) is 0.287. The molecule has 0 N–H and O–H groups in total. The molecule has 8 nitrogen and oxygen atoms in total. The third kappa shape index (κ3) is 5.00. The largest absolute Gasteiger partial charge is 0.466 e. The predicted octanol–water partition coefficient (Wildman–Crippen LogP) is 3.92. The molecule has 0 bridgehead atoms. The summed E-state index contributed by atoms with van der Waals surface area (Å²) in [6, 6.07) is 18.3. The molecule has 0 atom stereocenters. The van der Waals surface area contributed by atoms with Crippen LogP contribution < -0.4 is 0 Å². The van der Waals surface area contributed by atoms with Crippen molar-refractivity contribution in [3.63, 3.8) is 0 Å². The van der Waals surface area contributed by atoms with E-state index in [0.717, 1.165) is 22.1 Å². The number of fused-ring (bicyclic) bond motifs is 3. The second-order valence-corrected chi connectivity index (χ2v) is 9.49. The lowest BCUT2D eigenvalue weighted by Crippen LogP contribution is -2.41. The summed E-state index contributed by atoms with van der Waals surface area (Å²) in [4.78, 5) is 31.3. The summed E-state index contributed by atoms with van der Waals surface area (Å²) in [5, 5.41) is 10.3. The molecule has 2 aromatic carbocycles. The Hall–Kier alpha value is -3.46. The molecule has 35 heavy (non-hydrogen) atoms. The molecule has 0 spiro atoms. The van der Waals surface area contributed by atoms with E-state index in [1.807, 2.05) is 43.3 Å². The lowest BCUT2D eigenvalue weighted by atomic mass is 9.97. The zero-order valence-corrected chi connectivity index (χ0v) is 20.4. The number of rotatable bonds is 7. The summed E-state index contributed by atoms with van der Waals surface area (Å²) < 4.78 is 7.27. The van der Waals surface area contributed by atoms with Gasteiger partial charge in [0.1, 0.15) is 5.52 Å². The van der Waals surface area contributed by atoms with Gasteiger partial charge in [-0.1, -0.05) is 60.3 Å². The lowest BCUT2D eigenvalue weighted by Gasteiger charge is -2.30. The standard InChI is InChI=1S/C26H27N5O3S/c1-2-34-25(33)19-12-14-30(15-13-19)22(32)17-35-26-27-24-23(28-29-26)20-10-6-7-11-21(20)31(24)16-18-8-4-3-5-9-18/h3-11,19H,2,12-17H2,1H3. The number of hydrogen-bond donors (Lipinski definition) is 0. The van der Waals surface area contributed by atoms with Gasteiger partial charge in [-0.2, -0.15) is 0 Å². The number of benzene rings is 2. The van der Waals surface area contributed by atoms with E-state index in [2.05, 4.69) is 33.0 Å². The van der Waals surface area contributed by atoms with E-state index in [1.54, 1.807) is 4.90 Å². The minimum absolute atomic E-state index is 0.0193. The van der Waals surface area contributed by atoms with Gasteiger partial charge in [-0.15, -0.1) is 10.2 Å². The predicted molar refractivity (Wildman–Crippen MR) is 135 cm³/mol. The molecule has 0 unspecified atom stereocenters. The van der Waals surface area contributed by atoms with Crippen molar-refractivity contribution in [2.24, 2.45) is 5.92 Å². The summed E-state index contributed by atoms with van der Waals surface area (Å²) in [5.41, 5.74) is 3.74. The minimum atomic E-state index is -0.160. The Morgan fingerprint density at radius 1 is 1.03 bits per heavy atom. The highest BCUT2D eigenvalue weighted by Gasteiger charge is 2.28. The van der Waals surface area contributed by atoms with Gasteiger partial charge in [-0.3, -0.25) is 9.59 Å². The van der Waals surface area contributed by atoms with Gasteiger partial charge in [0.25, 0.3) is 0 Å². The molecule has 5 rings (SSSR count). The first-order valence-corrected chi connectivity index (χ1v) is 12.9. The molecule has 180 valence electrons. The number of aromatic nitrogens is 4.